The van der Waals surface area contributed by atoms with Crippen molar-refractivity contribution >= 4 is 55.7 Å². The summed E-state index contributed by atoms with van der Waals surface area (Å²) in [4.78, 5) is 4.91. The summed E-state index contributed by atoms with van der Waals surface area (Å²) >= 11 is 0. The van der Waals surface area contributed by atoms with Crippen molar-refractivity contribution in [3.05, 3.63) is 192 Å². The molecule has 8 aromatic carbocycles. The van der Waals surface area contributed by atoms with E-state index in [9.17, 15) is 0 Å². The van der Waals surface area contributed by atoms with Crippen LogP contribution in [0.5, 0.6) is 0 Å². The molecule has 0 saturated heterocycles. The van der Waals surface area contributed by atoms with Crippen LogP contribution in [0.2, 0.25) is 0 Å². The molecular formula is C55H52N2. The second kappa shape index (κ2) is 13.5. The molecule has 0 radical (unpaired) electrons. The van der Waals surface area contributed by atoms with Crippen LogP contribution in [0.4, 0.5) is 34.1 Å². The van der Waals surface area contributed by atoms with Crippen molar-refractivity contribution in [1.82, 2.24) is 0 Å². The average molecular weight is 741 g/mol. The van der Waals surface area contributed by atoms with E-state index in [4.69, 9.17) is 0 Å². The molecule has 8 aromatic rings. The van der Waals surface area contributed by atoms with E-state index in [0.29, 0.717) is 0 Å². The summed E-state index contributed by atoms with van der Waals surface area (Å²) in [7, 11) is 0. The lowest BCUT2D eigenvalue weighted by Gasteiger charge is -2.31. The zero-order chi connectivity index (χ0) is 39.7. The van der Waals surface area contributed by atoms with Crippen LogP contribution in [0.25, 0.3) is 32.7 Å². The number of nitrogens with zero attached hydrogens (tertiary/aromatic N) is 2. The number of benzene rings is 8. The maximum atomic E-state index is 2.50. The maximum absolute atomic E-state index is 2.50. The van der Waals surface area contributed by atoms with Crippen LogP contribution in [0.3, 0.4) is 0 Å². The van der Waals surface area contributed by atoms with E-state index in [1.807, 2.05) is 0 Å². The SMILES string of the molecule is CC(C)(C)c1ccc(N(c2ccccc2)c2cc3c(c4ccccc24)-c2c(cc(N(c4ccccc4)c4ccc(C(C)(C)C)cc4)c4ccccc24)C3(C)C)cc1. The molecule has 0 N–H and O–H groups in total. The molecule has 0 saturated carbocycles. The summed E-state index contributed by atoms with van der Waals surface area (Å²) in [5, 5.41) is 5.03. The Morgan fingerprint density at radius 2 is 0.649 bits per heavy atom. The van der Waals surface area contributed by atoms with Gasteiger partial charge in [0.1, 0.15) is 0 Å². The Bertz CT molecular complexity index is 2550. The first kappa shape index (κ1) is 36.5. The highest BCUT2D eigenvalue weighted by Gasteiger charge is 2.40. The number of anilines is 6. The fourth-order valence-corrected chi connectivity index (χ4v) is 8.98. The fraction of sp³-hybridized carbons (Fsp3) is 0.200. The third-order valence-electron chi connectivity index (χ3n) is 12.1. The van der Waals surface area contributed by atoms with Crippen LogP contribution in [-0.4, -0.2) is 0 Å². The molecule has 1 aliphatic carbocycles. The summed E-state index contributed by atoms with van der Waals surface area (Å²) in [6, 6.07) is 63.1. The van der Waals surface area contributed by atoms with Gasteiger partial charge in [-0.1, -0.05) is 165 Å². The van der Waals surface area contributed by atoms with E-state index in [-0.39, 0.29) is 16.2 Å². The monoisotopic (exact) mass is 740 g/mol. The van der Waals surface area contributed by atoms with Gasteiger partial charge in [-0.3, -0.25) is 0 Å². The quantitative estimate of drug-likeness (QED) is 0.167. The first-order chi connectivity index (χ1) is 27.3. The molecule has 0 aliphatic heterocycles. The molecule has 0 unspecified atom stereocenters. The first-order valence-electron chi connectivity index (χ1n) is 20.4. The third kappa shape index (κ3) is 6.19. The molecule has 1 aliphatic rings. The summed E-state index contributed by atoms with van der Waals surface area (Å²) in [5.74, 6) is 0. The van der Waals surface area contributed by atoms with Gasteiger partial charge in [-0.25, -0.2) is 0 Å². The zero-order valence-electron chi connectivity index (χ0n) is 34.6. The molecule has 0 spiro atoms. The summed E-state index contributed by atoms with van der Waals surface area (Å²) < 4.78 is 0. The van der Waals surface area contributed by atoms with E-state index >= 15 is 0 Å². The average Bonchev–Trinajstić information content (AvgIpc) is 3.44. The topological polar surface area (TPSA) is 6.48 Å². The van der Waals surface area contributed by atoms with Crippen LogP contribution < -0.4 is 9.80 Å². The number of fused-ring (bicyclic) bond motifs is 7. The summed E-state index contributed by atoms with van der Waals surface area (Å²) in [5.41, 5.74) is 14.8. The number of hydrogen-bond donors (Lipinski definition) is 0. The van der Waals surface area contributed by atoms with Crippen LogP contribution in [0.1, 0.15) is 77.6 Å². The minimum Gasteiger partial charge on any atom is -0.310 e. The predicted octanol–water partition coefficient (Wildman–Crippen LogP) is 15.8. The van der Waals surface area contributed by atoms with Crippen molar-refractivity contribution in [3.8, 4) is 11.1 Å². The summed E-state index contributed by atoms with van der Waals surface area (Å²) in [6.45, 7) is 18.5. The van der Waals surface area contributed by atoms with Gasteiger partial charge < -0.3 is 9.80 Å². The zero-order valence-corrected chi connectivity index (χ0v) is 34.6. The Labute approximate surface area is 339 Å². The van der Waals surface area contributed by atoms with Crippen molar-refractivity contribution < 1.29 is 0 Å². The lowest BCUT2D eigenvalue weighted by molar-refractivity contribution is 0.590. The number of rotatable bonds is 6. The lowest BCUT2D eigenvalue weighted by atomic mass is 9.81. The minimum atomic E-state index is -0.293. The van der Waals surface area contributed by atoms with E-state index in [1.54, 1.807) is 0 Å². The maximum Gasteiger partial charge on any atom is 0.0543 e. The highest BCUT2D eigenvalue weighted by molar-refractivity contribution is 6.17. The molecular weight excluding hydrogens is 689 g/mol. The Balaban J connectivity index is 1.30. The largest absolute Gasteiger partial charge is 0.310 e. The second-order valence-corrected chi connectivity index (χ2v) is 18.3. The van der Waals surface area contributed by atoms with Gasteiger partial charge in [-0.15, -0.1) is 0 Å². The van der Waals surface area contributed by atoms with Crippen LogP contribution >= 0.6 is 0 Å². The van der Waals surface area contributed by atoms with Crippen molar-refractivity contribution in [2.24, 2.45) is 0 Å². The van der Waals surface area contributed by atoms with Crippen molar-refractivity contribution in [2.45, 2.75) is 71.6 Å². The van der Waals surface area contributed by atoms with E-state index in [1.165, 1.54) is 66.3 Å². The Morgan fingerprint density at radius 1 is 0.351 bits per heavy atom. The van der Waals surface area contributed by atoms with Crippen molar-refractivity contribution in [1.29, 1.82) is 0 Å². The Kier molecular flexibility index (Phi) is 8.66. The fourth-order valence-electron chi connectivity index (χ4n) is 8.98. The summed E-state index contributed by atoms with van der Waals surface area (Å²) in [6.07, 6.45) is 0. The molecule has 282 valence electrons. The molecule has 2 heteroatoms. The number of para-hydroxylation sites is 2. The molecule has 0 heterocycles. The molecule has 0 bridgehead atoms. The molecule has 9 rings (SSSR count). The van der Waals surface area contributed by atoms with Gasteiger partial charge in [0.2, 0.25) is 0 Å². The highest BCUT2D eigenvalue weighted by Crippen LogP contribution is 2.58. The normalized spacial score (nSPS) is 13.4. The van der Waals surface area contributed by atoms with Gasteiger partial charge in [-0.05, 0) is 116 Å². The van der Waals surface area contributed by atoms with Gasteiger partial charge in [0.15, 0.2) is 0 Å². The molecule has 0 atom stereocenters. The molecule has 0 amide bonds. The Hall–Kier alpha value is -6.12. The minimum absolute atomic E-state index is 0.0692. The van der Waals surface area contributed by atoms with Gasteiger partial charge in [0.05, 0.1) is 11.4 Å². The number of hydrogen-bond acceptors (Lipinski definition) is 2. The van der Waals surface area contributed by atoms with Gasteiger partial charge >= 0.3 is 0 Å². The molecule has 2 nitrogen and oxygen atoms in total. The van der Waals surface area contributed by atoms with Crippen LogP contribution in [-0.2, 0) is 16.2 Å². The third-order valence-corrected chi connectivity index (χ3v) is 12.1. The molecule has 0 fully saturated rings. The standard InChI is InChI=1S/C55H52N2/c1-53(2,3)37-27-31-41(32-28-37)56(39-19-11-9-12-20-39)49-35-47-51(45-25-17-15-23-43(45)49)52-46-26-18-16-24-44(46)50(36-48(52)55(47,7)8)57(40-21-13-10-14-22-40)42-33-29-38(30-34-42)54(4,5)6/h9-36H,1-8H3. The van der Waals surface area contributed by atoms with E-state index in [0.717, 1.165) is 22.7 Å². The van der Waals surface area contributed by atoms with Gasteiger partial charge in [-0.2, -0.15) is 0 Å². The molecule has 57 heavy (non-hydrogen) atoms. The lowest BCUT2D eigenvalue weighted by Crippen LogP contribution is -2.18. The van der Waals surface area contributed by atoms with Gasteiger partial charge in [0, 0.05) is 38.9 Å². The van der Waals surface area contributed by atoms with E-state index < -0.39 is 0 Å². The molecule has 0 aromatic heterocycles. The van der Waals surface area contributed by atoms with Crippen molar-refractivity contribution in [3.63, 3.8) is 0 Å². The highest BCUT2D eigenvalue weighted by atomic mass is 15.1. The van der Waals surface area contributed by atoms with Gasteiger partial charge in [0.25, 0.3) is 0 Å². The van der Waals surface area contributed by atoms with Crippen LogP contribution in [0.15, 0.2) is 170 Å². The second-order valence-electron chi connectivity index (χ2n) is 18.3. The Morgan fingerprint density at radius 3 is 0.982 bits per heavy atom. The van der Waals surface area contributed by atoms with Crippen molar-refractivity contribution in [2.75, 3.05) is 9.80 Å². The smallest absolute Gasteiger partial charge is 0.0543 e. The van der Waals surface area contributed by atoms with E-state index in [2.05, 4.69) is 235 Å². The predicted molar refractivity (Wildman–Crippen MR) is 246 cm³/mol. The van der Waals surface area contributed by atoms with Crippen LogP contribution in [0, 0.1) is 0 Å². The first-order valence-corrected chi connectivity index (χ1v) is 20.4.